The van der Waals surface area contributed by atoms with Gasteiger partial charge in [-0.3, -0.25) is 0 Å². The number of hydrogen-bond acceptors (Lipinski definition) is 3. The first-order chi connectivity index (χ1) is 9.17. The fourth-order valence-electron chi connectivity index (χ4n) is 2.27. The van der Waals surface area contributed by atoms with Crippen molar-refractivity contribution in [3.63, 3.8) is 0 Å². The molecule has 0 amide bonds. The van der Waals surface area contributed by atoms with E-state index in [-0.39, 0.29) is 0 Å². The molecule has 92 valence electrons. The van der Waals surface area contributed by atoms with Crippen LogP contribution in [-0.2, 0) is 0 Å². The third-order valence-corrected chi connectivity index (χ3v) is 4.11. The van der Waals surface area contributed by atoms with E-state index in [1.807, 2.05) is 32.0 Å². The molecule has 0 saturated heterocycles. The summed E-state index contributed by atoms with van der Waals surface area (Å²) < 4.78 is 1.22. The van der Waals surface area contributed by atoms with Gasteiger partial charge in [-0.05, 0) is 54.8 Å². The Balaban J connectivity index is 2.16. The molecule has 0 fully saturated rings. The van der Waals surface area contributed by atoms with Crippen molar-refractivity contribution in [3.05, 3.63) is 52.5 Å². The maximum absolute atomic E-state index is 8.91. The molecule has 2 nitrogen and oxygen atoms in total. The highest BCUT2D eigenvalue weighted by Crippen LogP contribution is 2.29. The molecule has 3 rings (SSSR count). The van der Waals surface area contributed by atoms with E-state index in [1.54, 1.807) is 11.3 Å². The zero-order chi connectivity index (χ0) is 13.4. The van der Waals surface area contributed by atoms with Gasteiger partial charge in [-0.1, -0.05) is 12.1 Å². The molecule has 0 spiro atoms. The second kappa shape index (κ2) is 4.49. The Morgan fingerprint density at radius 2 is 1.95 bits per heavy atom. The predicted molar refractivity (Wildman–Crippen MR) is 79.2 cm³/mol. The summed E-state index contributed by atoms with van der Waals surface area (Å²) >= 11 is 1.71. The molecule has 0 aliphatic carbocycles. The first kappa shape index (κ1) is 11.9. The van der Waals surface area contributed by atoms with Gasteiger partial charge in [0.15, 0.2) is 0 Å². The zero-order valence-corrected chi connectivity index (χ0v) is 11.6. The van der Waals surface area contributed by atoms with E-state index in [0.29, 0.717) is 5.56 Å². The monoisotopic (exact) mass is 264 g/mol. The number of thiazole rings is 1. The molecule has 2 aromatic carbocycles. The van der Waals surface area contributed by atoms with Gasteiger partial charge in [0.25, 0.3) is 0 Å². The first-order valence-electron chi connectivity index (χ1n) is 6.06. The fraction of sp³-hybridized carbons (Fsp3) is 0.125. The van der Waals surface area contributed by atoms with Crippen molar-refractivity contribution in [2.75, 3.05) is 0 Å². The topological polar surface area (TPSA) is 36.7 Å². The van der Waals surface area contributed by atoms with Crippen LogP contribution in [0.4, 0.5) is 0 Å². The maximum atomic E-state index is 8.91. The fourth-order valence-corrected chi connectivity index (χ4v) is 3.07. The van der Waals surface area contributed by atoms with Crippen molar-refractivity contribution in [3.8, 4) is 17.2 Å². The molecule has 1 heterocycles. The number of nitrogens with zero attached hydrogens (tertiary/aromatic N) is 2. The highest BCUT2D eigenvalue weighted by Gasteiger charge is 2.06. The summed E-state index contributed by atoms with van der Waals surface area (Å²) in [6, 6.07) is 14.3. The number of hydrogen-bond donors (Lipinski definition) is 0. The summed E-state index contributed by atoms with van der Waals surface area (Å²) in [6.07, 6.45) is 0. The maximum Gasteiger partial charge on any atom is 0.0991 e. The summed E-state index contributed by atoms with van der Waals surface area (Å²) in [5.41, 5.74) is 5.17. The molecule has 3 aromatic rings. The molecule has 0 aliphatic rings. The third kappa shape index (κ3) is 2.11. The van der Waals surface area contributed by atoms with Gasteiger partial charge in [0.2, 0.25) is 0 Å². The average molecular weight is 264 g/mol. The number of aromatic nitrogens is 1. The smallest absolute Gasteiger partial charge is 0.0991 e. The van der Waals surface area contributed by atoms with Gasteiger partial charge in [0.05, 0.1) is 26.9 Å². The number of fused-ring (bicyclic) bond motifs is 1. The minimum Gasteiger partial charge on any atom is -0.241 e. The van der Waals surface area contributed by atoms with E-state index in [4.69, 9.17) is 5.26 Å². The van der Waals surface area contributed by atoms with E-state index < -0.39 is 0 Å². The lowest BCUT2D eigenvalue weighted by Gasteiger charge is -2.06. The van der Waals surface area contributed by atoms with E-state index >= 15 is 0 Å². The van der Waals surface area contributed by atoms with Crippen molar-refractivity contribution in [2.45, 2.75) is 13.8 Å². The van der Waals surface area contributed by atoms with E-state index in [0.717, 1.165) is 27.2 Å². The Kier molecular flexibility index (Phi) is 2.81. The number of benzene rings is 2. The Hall–Kier alpha value is -2.18. The van der Waals surface area contributed by atoms with Crippen LogP contribution in [0.2, 0.25) is 0 Å². The summed E-state index contributed by atoms with van der Waals surface area (Å²) in [4.78, 5) is 4.53. The second-order valence-corrected chi connectivity index (χ2v) is 5.79. The van der Waals surface area contributed by atoms with Crippen LogP contribution in [0.5, 0.6) is 0 Å². The largest absolute Gasteiger partial charge is 0.241 e. The average Bonchev–Trinajstić information content (AvgIpc) is 2.77. The van der Waals surface area contributed by atoms with E-state index in [1.165, 1.54) is 4.70 Å². The van der Waals surface area contributed by atoms with Gasteiger partial charge < -0.3 is 0 Å². The number of nitriles is 1. The van der Waals surface area contributed by atoms with Crippen LogP contribution in [0.15, 0.2) is 36.4 Å². The van der Waals surface area contributed by atoms with Crippen molar-refractivity contribution >= 4 is 21.6 Å². The molecule has 3 heteroatoms. The molecule has 0 aliphatic heterocycles. The minimum atomic E-state index is 0.701. The Labute approximate surface area is 116 Å². The van der Waals surface area contributed by atoms with Crippen molar-refractivity contribution < 1.29 is 0 Å². The van der Waals surface area contributed by atoms with Crippen LogP contribution in [-0.4, -0.2) is 4.98 Å². The summed E-state index contributed by atoms with van der Waals surface area (Å²) in [5, 5.41) is 10.00. The van der Waals surface area contributed by atoms with Crippen molar-refractivity contribution in [1.29, 1.82) is 5.26 Å². The molecule has 0 radical (unpaired) electrons. The van der Waals surface area contributed by atoms with Gasteiger partial charge >= 0.3 is 0 Å². The van der Waals surface area contributed by atoms with Gasteiger partial charge in [-0.25, -0.2) is 4.98 Å². The highest BCUT2D eigenvalue weighted by molar-refractivity contribution is 7.18. The molecule has 0 unspecified atom stereocenters. The normalized spacial score (nSPS) is 10.6. The Bertz CT molecular complexity index is 809. The quantitative estimate of drug-likeness (QED) is 0.651. The number of aryl methyl sites for hydroxylation is 2. The third-order valence-electron chi connectivity index (χ3n) is 3.16. The van der Waals surface area contributed by atoms with Gasteiger partial charge in [-0.2, -0.15) is 5.26 Å². The minimum absolute atomic E-state index is 0.701. The molecule has 0 saturated carbocycles. The zero-order valence-electron chi connectivity index (χ0n) is 10.8. The molecule has 0 bridgehead atoms. The molecular weight excluding hydrogens is 252 g/mol. The van der Waals surface area contributed by atoms with Gasteiger partial charge in [-0.15, -0.1) is 11.3 Å². The van der Waals surface area contributed by atoms with Crippen LogP contribution in [0.25, 0.3) is 21.3 Å². The second-order valence-electron chi connectivity index (χ2n) is 4.56. The Morgan fingerprint density at radius 3 is 2.68 bits per heavy atom. The van der Waals surface area contributed by atoms with Crippen LogP contribution < -0.4 is 0 Å². The van der Waals surface area contributed by atoms with Crippen LogP contribution >= 0.6 is 11.3 Å². The molecule has 19 heavy (non-hydrogen) atoms. The predicted octanol–water partition coefficient (Wildman–Crippen LogP) is 4.45. The van der Waals surface area contributed by atoms with Crippen LogP contribution in [0.3, 0.4) is 0 Å². The van der Waals surface area contributed by atoms with E-state index in [2.05, 4.69) is 29.3 Å². The lowest BCUT2D eigenvalue weighted by molar-refractivity contribution is 1.34. The van der Waals surface area contributed by atoms with Gasteiger partial charge in [0, 0.05) is 0 Å². The highest BCUT2D eigenvalue weighted by atomic mass is 32.1. The van der Waals surface area contributed by atoms with Crippen molar-refractivity contribution in [2.24, 2.45) is 0 Å². The molecule has 1 aromatic heterocycles. The number of rotatable bonds is 1. The van der Waals surface area contributed by atoms with Crippen LogP contribution in [0.1, 0.15) is 16.1 Å². The first-order valence-corrected chi connectivity index (χ1v) is 6.87. The van der Waals surface area contributed by atoms with Crippen molar-refractivity contribution in [1.82, 2.24) is 4.98 Å². The summed E-state index contributed by atoms with van der Waals surface area (Å²) in [7, 11) is 0. The lowest BCUT2D eigenvalue weighted by Crippen LogP contribution is -1.85. The van der Waals surface area contributed by atoms with Gasteiger partial charge in [0.1, 0.15) is 0 Å². The summed E-state index contributed by atoms with van der Waals surface area (Å²) in [5.74, 6) is 0. The standard InChI is InChI=1S/C16H12N2S/c1-10-7-12(9-17)3-5-14(10)13-4-6-16-15(8-13)18-11(2)19-16/h3-8H,1-2H3. The molecule has 0 atom stereocenters. The molecular formula is C16H12N2S. The van der Waals surface area contributed by atoms with E-state index in [9.17, 15) is 0 Å². The summed E-state index contributed by atoms with van der Waals surface area (Å²) in [6.45, 7) is 4.06. The molecule has 0 N–H and O–H groups in total. The SMILES string of the molecule is Cc1nc2cc(-c3ccc(C#N)cc3C)ccc2s1. The Morgan fingerprint density at radius 1 is 1.11 bits per heavy atom. The van der Waals surface area contributed by atoms with Crippen LogP contribution in [0, 0.1) is 25.2 Å². The lowest BCUT2D eigenvalue weighted by atomic mass is 9.98.